The number of nitrogens with zero attached hydrogens (tertiary/aromatic N) is 2. The maximum Gasteiger partial charge on any atom is 0.503 e. The lowest BCUT2D eigenvalue weighted by Crippen LogP contribution is -2.12. The van der Waals surface area contributed by atoms with Crippen molar-refractivity contribution in [2.75, 3.05) is 41.3 Å². The Kier molecular flexibility index (Phi) is 34.2. The van der Waals surface area contributed by atoms with Crippen LogP contribution in [0.2, 0.25) is 0 Å². The van der Waals surface area contributed by atoms with Crippen molar-refractivity contribution in [1.82, 2.24) is 9.80 Å². The van der Waals surface area contributed by atoms with Crippen LogP contribution >= 0.6 is 0 Å². The molecule has 0 unspecified atom stereocenters. The minimum atomic E-state index is -1.83. The van der Waals surface area contributed by atoms with Gasteiger partial charge in [-0.25, -0.2) is 4.79 Å². The van der Waals surface area contributed by atoms with Crippen molar-refractivity contribution in [3.63, 3.8) is 0 Å². The minimum absolute atomic E-state index is 1.25. The highest BCUT2D eigenvalue weighted by atomic mass is 16.6. The van der Waals surface area contributed by atoms with Gasteiger partial charge in [0.1, 0.15) is 0 Å². The summed E-state index contributed by atoms with van der Waals surface area (Å²) in [5, 5.41) is 13.9. The molecule has 0 aromatic heterocycles. The lowest BCUT2D eigenvalue weighted by molar-refractivity contribution is 0.137. The minimum Gasteiger partial charge on any atom is -0.450 e. The molecule has 0 aliphatic heterocycles. The van der Waals surface area contributed by atoms with Crippen molar-refractivity contribution in [2.24, 2.45) is 0 Å². The number of hydrogen-bond donors (Lipinski definition) is 2. The highest BCUT2D eigenvalue weighted by molar-refractivity contribution is 5.53. The normalized spacial score (nSPS) is 10.8. The predicted molar refractivity (Wildman–Crippen MR) is 210 cm³/mol. The van der Waals surface area contributed by atoms with Crippen LogP contribution in [0.3, 0.4) is 0 Å². The predicted octanol–water partition coefficient (Wildman–Crippen LogP) is 12.4. The molecule has 0 aliphatic carbocycles. The molecule has 0 spiro atoms. The molecule has 48 heavy (non-hydrogen) atoms. The molecule has 0 heterocycles. The summed E-state index contributed by atoms with van der Waals surface area (Å²) in [7, 11) is 8.67. The number of carboxylic acid groups (broad SMARTS) is 2. The standard InChI is InChI=1S/2C21H37N.CH2O3/c2*1-22(2)20-16-11-9-7-5-3-4-6-8-10-13-17-21-18-14-12-15-19-21;2-1(3)4/h2*12,14-15,18-19H,3-11,13,16-17,20H2,1-2H3;(H2,2,3,4). The van der Waals surface area contributed by atoms with Crippen LogP contribution in [0.5, 0.6) is 0 Å². The van der Waals surface area contributed by atoms with Crippen LogP contribution in [0.4, 0.5) is 4.79 Å². The number of unbranched alkanes of at least 4 members (excludes halogenated alkanes) is 20. The average Bonchev–Trinajstić information content (AvgIpc) is 3.06. The van der Waals surface area contributed by atoms with Crippen LogP contribution in [0, 0.1) is 0 Å². The van der Waals surface area contributed by atoms with Gasteiger partial charge in [0.15, 0.2) is 0 Å². The van der Waals surface area contributed by atoms with Gasteiger partial charge in [-0.05, 0) is 90.9 Å². The first-order valence-corrected chi connectivity index (χ1v) is 19.6. The molecule has 2 rings (SSSR count). The second-order valence-corrected chi connectivity index (χ2v) is 14.1. The molecule has 0 aliphatic rings. The highest BCUT2D eigenvalue weighted by Gasteiger charge is 1.97. The Morgan fingerprint density at radius 1 is 0.396 bits per heavy atom. The first kappa shape index (κ1) is 45.6. The maximum absolute atomic E-state index is 8.56. The van der Waals surface area contributed by atoms with Gasteiger partial charge >= 0.3 is 6.16 Å². The van der Waals surface area contributed by atoms with E-state index in [1.807, 2.05) is 0 Å². The van der Waals surface area contributed by atoms with Gasteiger partial charge in [0, 0.05) is 0 Å². The molecule has 0 amide bonds. The molecule has 276 valence electrons. The molecular formula is C43H76N2O3. The zero-order valence-electron chi connectivity index (χ0n) is 31.9. The fourth-order valence-corrected chi connectivity index (χ4v) is 5.99. The molecule has 0 saturated carbocycles. The van der Waals surface area contributed by atoms with E-state index in [0.29, 0.717) is 0 Å². The van der Waals surface area contributed by atoms with E-state index < -0.39 is 6.16 Å². The van der Waals surface area contributed by atoms with Crippen LogP contribution in [0.1, 0.15) is 152 Å². The van der Waals surface area contributed by atoms with Crippen LogP contribution in [-0.4, -0.2) is 67.4 Å². The number of hydrogen-bond acceptors (Lipinski definition) is 3. The van der Waals surface area contributed by atoms with Gasteiger partial charge in [0.25, 0.3) is 0 Å². The first-order chi connectivity index (χ1) is 23.3. The van der Waals surface area contributed by atoms with E-state index in [4.69, 9.17) is 15.0 Å². The average molecular weight is 669 g/mol. The first-order valence-electron chi connectivity index (χ1n) is 19.6. The van der Waals surface area contributed by atoms with E-state index in [0.717, 1.165) is 0 Å². The Bertz CT molecular complexity index is 831. The van der Waals surface area contributed by atoms with Crippen LogP contribution in [0.25, 0.3) is 0 Å². The molecule has 0 radical (unpaired) electrons. The number of benzene rings is 2. The monoisotopic (exact) mass is 669 g/mol. The van der Waals surface area contributed by atoms with E-state index in [2.05, 4.69) is 98.7 Å². The summed E-state index contributed by atoms with van der Waals surface area (Å²) in [6.45, 7) is 2.51. The summed E-state index contributed by atoms with van der Waals surface area (Å²) in [5.74, 6) is 0. The number of aryl methyl sites for hydroxylation is 2. The summed E-state index contributed by atoms with van der Waals surface area (Å²) >= 11 is 0. The smallest absolute Gasteiger partial charge is 0.450 e. The molecular weight excluding hydrogens is 592 g/mol. The second kappa shape index (κ2) is 35.9. The van der Waals surface area contributed by atoms with Gasteiger partial charge in [0.2, 0.25) is 0 Å². The third-order valence-corrected chi connectivity index (χ3v) is 8.83. The lowest BCUT2D eigenvalue weighted by Gasteiger charge is -2.08. The second-order valence-electron chi connectivity index (χ2n) is 14.1. The molecule has 0 bridgehead atoms. The Morgan fingerprint density at radius 3 is 0.833 bits per heavy atom. The van der Waals surface area contributed by atoms with Crippen molar-refractivity contribution < 1.29 is 15.0 Å². The fourth-order valence-electron chi connectivity index (χ4n) is 5.99. The summed E-state index contributed by atoms with van der Waals surface area (Å²) in [4.78, 5) is 13.1. The molecule has 5 nitrogen and oxygen atoms in total. The van der Waals surface area contributed by atoms with Crippen LogP contribution < -0.4 is 0 Å². The van der Waals surface area contributed by atoms with E-state index in [1.54, 1.807) is 0 Å². The Balaban J connectivity index is 0.000000827. The van der Waals surface area contributed by atoms with Gasteiger partial charge in [-0.1, -0.05) is 176 Å². The van der Waals surface area contributed by atoms with Crippen LogP contribution in [-0.2, 0) is 12.8 Å². The van der Waals surface area contributed by atoms with Gasteiger partial charge in [-0.2, -0.15) is 0 Å². The van der Waals surface area contributed by atoms with E-state index in [9.17, 15) is 0 Å². The molecule has 2 aromatic carbocycles. The largest absolute Gasteiger partial charge is 0.503 e. The van der Waals surface area contributed by atoms with Gasteiger partial charge < -0.3 is 20.0 Å². The van der Waals surface area contributed by atoms with Crippen LogP contribution in [0.15, 0.2) is 60.7 Å². The summed E-state index contributed by atoms with van der Waals surface area (Å²) in [6, 6.07) is 21.8. The van der Waals surface area contributed by atoms with Crippen molar-refractivity contribution in [2.45, 2.75) is 154 Å². The Hall–Kier alpha value is -2.37. The van der Waals surface area contributed by atoms with Gasteiger partial charge in [-0.15, -0.1) is 0 Å². The summed E-state index contributed by atoms with van der Waals surface area (Å²) < 4.78 is 0. The van der Waals surface area contributed by atoms with E-state index >= 15 is 0 Å². The molecule has 5 heteroatoms. The topological polar surface area (TPSA) is 64.0 Å². The molecule has 0 saturated heterocycles. The van der Waals surface area contributed by atoms with Crippen molar-refractivity contribution >= 4 is 6.16 Å². The quantitative estimate of drug-likeness (QED) is 0.0884. The van der Waals surface area contributed by atoms with Crippen molar-refractivity contribution in [1.29, 1.82) is 0 Å². The zero-order chi connectivity index (χ0) is 35.3. The highest BCUT2D eigenvalue weighted by Crippen LogP contribution is 2.14. The van der Waals surface area contributed by atoms with Gasteiger partial charge in [-0.3, -0.25) is 0 Å². The number of rotatable bonds is 28. The van der Waals surface area contributed by atoms with Crippen molar-refractivity contribution in [3.8, 4) is 0 Å². The third-order valence-electron chi connectivity index (χ3n) is 8.83. The van der Waals surface area contributed by atoms with E-state index in [1.165, 1.54) is 178 Å². The fraction of sp³-hybridized carbons (Fsp3) is 0.698. The SMILES string of the molecule is CN(C)CCCCCCCCCCCCCc1ccccc1.CN(C)CCCCCCCCCCCCCc1ccccc1.O=C(O)O. The van der Waals surface area contributed by atoms with Gasteiger partial charge in [0.05, 0.1) is 0 Å². The Labute approximate surface area is 297 Å². The third kappa shape index (κ3) is 38.1. The molecule has 2 aromatic rings. The van der Waals surface area contributed by atoms with Crippen molar-refractivity contribution in [3.05, 3.63) is 71.8 Å². The Morgan fingerprint density at radius 2 is 0.604 bits per heavy atom. The molecule has 2 N–H and O–H groups in total. The lowest BCUT2D eigenvalue weighted by atomic mass is 10.0. The molecule has 0 atom stereocenters. The summed E-state index contributed by atoms with van der Waals surface area (Å²) in [6.07, 6.45) is 32.0. The number of carbonyl (C=O) groups is 1. The molecule has 0 fully saturated rings. The maximum atomic E-state index is 8.56. The van der Waals surface area contributed by atoms with E-state index in [-0.39, 0.29) is 0 Å². The zero-order valence-corrected chi connectivity index (χ0v) is 31.9. The summed E-state index contributed by atoms with van der Waals surface area (Å²) in [5.41, 5.74) is 2.99.